The molecule has 4 heteroatoms. The first-order valence-corrected chi connectivity index (χ1v) is 7.05. The molecule has 1 aromatic heterocycles. The SMILES string of the molecule is COc1ccc(-c2ccnc(C3CCNCC3)n2)cc1. The Balaban J connectivity index is 1.85. The summed E-state index contributed by atoms with van der Waals surface area (Å²) in [6.45, 7) is 2.11. The molecule has 1 aromatic carbocycles. The lowest BCUT2D eigenvalue weighted by Crippen LogP contribution is -2.27. The van der Waals surface area contributed by atoms with Gasteiger partial charge in [-0.2, -0.15) is 0 Å². The van der Waals surface area contributed by atoms with Crippen LogP contribution in [0.2, 0.25) is 0 Å². The molecule has 0 aliphatic carbocycles. The molecule has 20 heavy (non-hydrogen) atoms. The van der Waals surface area contributed by atoms with Crippen molar-refractivity contribution in [3.63, 3.8) is 0 Å². The second kappa shape index (κ2) is 6.01. The molecule has 1 N–H and O–H groups in total. The summed E-state index contributed by atoms with van der Waals surface area (Å²) < 4.78 is 5.18. The van der Waals surface area contributed by atoms with E-state index in [1.165, 1.54) is 0 Å². The standard InChI is InChI=1S/C16H19N3O/c1-20-14-4-2-12(3-5-14)15-8-11-18-16(19-15)13-6-9-17-10-7-13/h2-5,8,11,13,17H,6-7,9-10H2,1H3. The van der Waals surface area contributed by atoms with Crippen LogP contribution in [0.4, 0.5) is 0 Å². The van der Waals surface area contributed by atoms with Crippen molar-refractivity contribution in [3.05, 3.63) is 42.4 Å². The number of aromatic nitrogens is 2. The molecule has 1 saturated heterocycles. The Morgan fingerprint density at radius 3 is 2.55 bits per heavy atom. The maximum atomic E-state index is 5.18. The molecule has 0 bridgehead atoms. The van der Waals surface area contributed by atoms with Crippen molar-refractivity contribution >= 4 is 0 Å². The maximum absolute atomic E-state index is 5.18. The molecule has 0 saturated carbocycles. The second-order valence-corrected chi connectivity index (χ2v) is 5.05. The summed E-state index contributed by atoms with van der Waals surface area (Å²) >= 11 is 0. The van der Waals surface area contributed by atoms with Gasteiger partial charge in [0.1, 0.15) is 11.6 Å². The maximum Gasteiger partial charge on any atom is 0.132 e. The fourth-order valence-electron chi connectivity index (χ4n) is 2.57. The smallest absolute Gasteiger partial charge is 0.132 e. The predicted molar refractivity (Wildman–Crippen MR) is 78.9 cm³/mol. The van der Waals surface area contributed by atoms with Gasteiger partial charge >= 0.3 is 0 Å². The second-order valence-electron chi connectivity index (χ2n) is 5.05. The molecule has 104 valence electrons. The molecule has 3 rings (SSSR count). The lowest BCUT2D eigenvalue weighted by Gasteiger charge is -2.21. The van der Waals surface area contributed by atoms with E-state index in [0.717, 1.165) is 48.8 Å². The first-order valence-electron chi connectivity index (χ1n) is 7.05. The molecule has 2 heterocycles. The van der Waals surface area contributed by atoms with Crippen molar-refractivity contribution in [3.8, 4) is 17.0 Å². The van der Waals surface area contributed by atoms with E-state index in [1.807, 2.05) is 36.5 Å². The minimum absolute atomic E-state index is 0.481. The highest BCUT2D eigenvalue weighted by Gasteiger charge is 2.18. The molecule has 0 unspecified atom stereocenters. The van der Waals surface area contributed by atoms with E-state index in [2.05, 4.69) is 10.3 Å². The van der Waals surface area contributed by atoms with Gasteiger partial charge in [-0.1, -0.05) is 0 Å². The molecule has 0 atom stereocenters. The van der Waals surface area contributed by atoms with Crippen molar-refractivity contribution in [1.29, 1.82) is 0 Å². The summed E-state index contributed by atoms with van der Waals surface area (Å²) in [5.41, 5.74) is 2.08. The van der Waals surface area contributed by atoms with Crippen LogP contribution in [-0.4, -0.2) is 30.2 Å². The number of benzene rings is 1. The molecular weight excluding hydrogens is 250 g/mol. The van der Waals surface area contributed by atoms with Crippen LogP contribution in [0.5, 0.6) is 5.75 Å². The van der Waals surface area contributed by atoms with Crippen LogP contribution in [-0.2, 0) is 0 Å². The van der Waals surface area contributed by atoms with Crippen LogP contribution in [0, 0.1) is 0 Å². The number of nitrogens with zero attached hydrogens (tertiary/aromatic N) is 2. The lowest BCUT2D eigenvalue weighted by molar-refractivity contribution is 0.415. The molecule has 0 spiro atoms. The fraction of sp³-hybridized carbons (Fsp3) is 0.375. The van der Waals surface area contributed by atoms with E-state index < -0.39 is 0 Å². The van der Waals surface area contributed by atoms with E-state index >= 15 is 0 Å². The van der Waals surface area contributed by atoms with Crippen molar-refractivity contribution < 1.29 is 4.74 Å². The highest BCUT2D eigenvalue weighted by Crippen LogP contribution is 2.25. The first kappa shape index (κ1) is 13.1. The number of ether oxygens (including phenoxy) is 1. The van der Waals surface area contributed by atoms with Gasteiger partial charge in [-0.3, -0.25) is 0 Å². The third-order valence-corrected chi connectivity index (χ3v) is 3.76. The Kier molecular flexibility index (Phi) is 3.92. The highest BCUT2D eigenvalue weighted by molar-refractivity contribution is 5.59. The third-order valence-electron chi connectivity index (χ3n) is 3.76. The number of rotatable bonds is 3. The van der Waals surface area contributed by atoms with Gasteiger partial charge in [0.25, 0.3) is 0 Å². The summed E-state index contributed by atoms with van der Waals surface area (Å²) in [4.78, 5) is 9.20. The van der Waals surface area contributed by atoms with Crippen molar-refractivity contribution in [2.24, 2.45) is 0 Å². The molecule has 4 nitrogen and oxygen atoms in total. The average Bonchev–Trinajstić information content (AvgIpc) is 2.56. The molecule has 1 aliphatic rings. The lowest BCUT2D eigenvalue weighted by atomic mass is 9.97. The monoisotopic (exact) mass is 269 g/mol. The first-order chi connectivity index (χ1) is 9.86. The summed E-state index contributed by atoms with van der Waals surface area (Å²) in [6.07, 6.45) is 4.10. The quantitative estimate of drug-likeness (QED) is 0.930. The van der Waals surface area contributed by atoms with E-state index in [4.69, 9.17) is 9.72 Å². The molecule has 0 radical (unpaired) electrons. The van der Waals surface area contributed by atoms with E-state index in [-0.39, 0.29) is 0 Å². The highest BCUT2D eigenvalue weighted by atomic mass is 16.5. The van der Waals surface area contributed by atoms with Gasteiger partial charge in [0.2, 0.25) is 0 Å². The van der Waals surface area contributed by atoms with E-state index in [9.17, 15) is 0 Å². The largest absolute Gasteiger partial charge is 0.497 e. The van der Waals surface area contributed by atoms with E-state index in [1.54, 1.807) is 7.11 Å². The number of piperidine rings is 1. The third kappa shape index (κ3) is 2.80. The fourth-order valence-corrected chi connectivity index (χ4v) is 2.57. The normalized spacial score (nSPS) is 16.1. The minimum atomic E-state index is 0.481. The number of hydrogen-bond acceptors (Lipinski definition) is 4. The summed E-state index contributed by atoms with van der Waals surface area (Å²) in [6, 6.07) is 9.95. The average molecular weight is 269 g/mol. The Morgan fingerprint density at radius 1 is 1.10 bits per heavy atom. The van der Waals surface area contributed by atoms with Crippen LogP contribution in [0.1, 0.15) is 24.6 Å². The number of hydrogen-bond donors (Lipinski definition) is 1. The van der Waals surface area contributed by atoms with Gasteiger partial charge in [0.05, 0.1) is 12.8 Å². The van der Waals surface area contributed by atoms with Gasteiger partial charge in [0, 0.05) is 17.7 Å². The summed E-state index contributed by atoms with van der Waals surface area (Å²) in [5.74, 6) is 2.32. The Hall–Kier alpha value is -1.94. The van der Waals surface area contributed by atoms with Gasteiger partial charge in [-0.05, 0) is 56.3 Å². The Labute approximate surface area is 119 Å². The minimum Gasteiger partial charge on any atom is -0.497 e. The van der Waals surface area contributed by atoms with Gasteiger partial charge < -0.3 is 10.1 Å². The number of methoxy groups -OCH3 is 1. The molecule has 1 aliphatic heterocycles. The zero-order valence-corrected chi connectivity index (χ0v) is 11.7. The summed E-state index contributed by atoms with van der Waals surface area (Å²) in [5, 5.41) is 3.37. The zero-order valence-electron chi connectivity index (χ0n) is 11.7. The van der Waals surface area contributed by atoms with Gasteiger partial charge in [-0.25, -0.2) is 9.97 Å². The Morgan fingerprint density at radius 2 is 1.85 bits per heavy atom. The van der Waals surface area contributed by atoms with Gasteiger partial charge in [-0.15, -0.1) is 0 Å². The van der Waals surface area contributed by atoms with Crippen LogP contribution in [0.15, 0.2) is 36.5 Å². The van der Waals surface area contributed by atoms with Crippen molar-refractivity contribution in [1.82, 2.24) is 15.3 Å². The van der Waals surface area contributed by atoms with Crippen molar-refractivity contribution in [2.45, 2.75) is 18.8 Å². The Bertz CT molecular complexity index is 562. The van der Waals surface area contributed by atoms with Crippen LogP contribution in [0.3, 0.4) is 0 Å². The predicted octanol–water partition coefficient (Wildman–Crippen LogP) is 2.62. The van der Waals surface area contributed by atoms with Crippen LogP contribution < -0.4 is 10.1 Å². The molecular formula is C16H19N3O. The van der Waals surface area contributed by atoms with E-state index in [0.29, 0.717) is 5.92 Å². The number of nitrogens with one attached hydrogen (secondary N) is 1. The molecule has 1 fully saturated rings. The summed E-state index contributed by atoms with van der Waals surface area (Å²) in [7, 11) is 1.68. The van der Waals surface area contributed by atoms with Crippen molar-refractivity contribution in [2.75, 3.05) is 20.2 Å². The van der Waals surface area contributed by atoms with Crippen LogP contribution >= 0.6 is 0 Å². The molecule has 0 amide bonds. The zero-order chi connectivity index (χ0) is 13.8. The molecule has 2 aromatic rings. The topological polar surface area (TPSA) is 47.0 Å². The van der Waals surface area contributed by atoms with Gasteiger partial charge in [0.15, 0.2) is 0 Å². The van der Waals surface area contributed by atoms with Crippen LogP contribution in [0.25, 0.3) is 11.3 Å².